The Morgan fingerprint density at radius 2 is 2.00 bits per heavy atom. The maximum absolute atomic E-state index is 12.4. The molecule has 8 nitrogen and oxygen atoms in total. The summed E-state index contributed by atoms with van der Waals surface area (Å²) in [7, 11) is 3.46. The Balaban J connectivity index is 2.13. The summed E-state index contributed by atoms with van der Waals surface area (Å²) in [6.07, 6.45) is 3.03. The number of rotatable bonds is 5. The highest BCUT2D eigenvalue weighted by Crippen LogP contribution is 2.13. The Morgan fingerprint density at radius 1 is 1.33 bits per heavy atom. The van der Waals surface area contributed by atoms with Gasteiger partial charge in [-0.1, -0.05) is 0 Å². The average Bonchev–Trinajstić information content (AvgIpc) is 3.06. The molecule has 0 aromatic carbocycles. The molecule has 0 spiro atoms. The molecule has 8 heteroatoms. The zero-order valence-corrected chi connectivity index (χ0v) is 12.1. The van der Waals surface area contributed by atoms with Gasteiger partial charge in [0.2, 0.25) is 5.91 Å². The van der Waals surface area contributed by atoms with E-state index >= 15 is 0 Å². The standard InChI is InChI=1S/C13H17N5O3/c1-9(18-11(13(20)21)5-7-15-18)12(19)16(2)8-10-4-6-14-17(10)3/h4-7,9H,8H2,1-3H3,(H,20,21). The van der Waals surface area contributed by atoms with Crippen molar-refractivity contribution in [1.29, 1.82) is 0 Å². The monoisotopic (exact) mass is 291 g/mol. The molecule has 0 fully saturated rings. The van der Waals surface area contributed by atoms with E-state index in [9.17, 15) is 9.59 Å². The molecule has 0 aliphatic rings. The number of carboxylic acid groups (broad SMARTS) is 1. The fourth-order valence-electron chi connectivity index (χ4n) is 2.09. The number of hydrogen-bond acceptors (Lipinski definition) is 4. The van der Waals surface area contributed by atoms with Crippen molar-refractivity contribution < 1.29 is 14.7 Å². The zero-order valence-electron chi connectivity index (χ0n) is 12.1. The van der Waals surface area contributed by atoms with Crippen molar-refractivity contribution in [3.8, 4) is 0 Å². The van der Waals surface area contributed by atoms with Gasteiger partial charge >= 0.3 is 5.97 Å². The number of carboxylic acids is 1. The quantitative estimate of drug-likeness (QED) is 0.867. The number of nitrogens with zero attached hydrogens (tertiary/aromatic N) is 5. The molecule has 0 saturated carbocycles. The summed E-state index contributed by atoms with van der Waals surface area (Å²) in [5.74, 6) is -1.33. The number of amides is 1. The smallest absolute Gasteiger partial charge is 0.354 e. The number of carbonyl (C=O) groups excluding carboxylic acids is 1. The topological polar surface area (TPSA) is 93.3 Å². The third kappa shape index (κ3) is 2.93. The van der Waals surface area contributed by atoms with Crippen LogP contribution in [0.25, 0.3) is 0 Å². The number of aromatic carboxylic acids is 1. The van der Waals surface area contributed by atoms with Gasteiger partial charge in [-0.15, -0.1) is 0 Å². The maximum atomic E-state index is 12.4. The molecule has 21 heavy (non-hydrogen) atoms. The molecule has 2 rings (SSSR count). The van der Waals surface area contributed by atoms with Crippen molar-refractivity contribution in [2.75, 3.05) is 7.05 Å². The normalized spacial score (nSPS) is 12.1. The van der Waals surface area contributed by atoms with Crippen molar-refractivity contribution in [3.05, 3.63) is 35.9 Å². The summed E-state index contributed by atoms with van der Waals surface area (Å²) in [5, 5.41) is 17.0. The number of carbonyl (C=O) groups is 2. The van der Waals surface area contributed by atoms with Crippen molar-refractivity contribution in [2.45, 2.75) is 19.5 Å². The van der Waals surface area contributed by atoms with Crippen LogP contribution in [-0.2, 0) is 18.4 Å². The molecule has 0 radical (unpaired) electrons. The molecule has 1 amide bonds. The highest BCUT2D eigenvalue weighted by atomic mass is 16.4. The van der Waals surface area contributed by atoms with Crippen molar-refractivity contribution in [3.63, 3.8) is 0 Å². The Morgan fingerprint density at radius 3 is 2.57 bits per heavy atom. The van der Waals surface area contributed by atoms with E-state index in [4.69, 9.17) is 5.11 Å². The lowest BCUT2D eigenvalue weighted by molar-refractivity contribution is -0.133. The average molecular weight is 291 g/mol. The predicted molar refractivity (Wildman–Crippen MR) is 73.6 cm³/mol. The molecule has 0 aliphatic heterocycles. The Kier molecular flexibility index (Phi) is 4.06. The summed E-state index contributed by atoms with van der Waals surface area (Å²) in [4.78, 5) is 25.0. The fourth-order valence-corrected chi connectivity index (χ4v) is 2.09. The van der Waals surface area contributed by atoms with Gasteiger partial charge in [-0.25, -0.2) is 9.48 Å². The van der Waals surface area contributed by atoms with Crippen LogP contribution in [0, 0.1) is 0 Å². The number of hydrogen-bond donors (Lipinski definition) is 1. The molecule has 2 aromatic rings. The van der Waals surface area contributed by atoms with Crippen LogP contribution >= 0.6 is 0 Å². The van der Waals surface area contributed by atoms with Crippen LogP contribution in [0.2, 0.25) is 0 Å². The first kappa shape index (κ1) is 14.8. The van der Waals surface area contributed by atoms with Gasteiger partial charge < -0.3 is 10.0 Å². The number of aryl methyl sites for hydroxylation is 1. The highest BCUT2D eigenvalue weighted by molar-refractivity contribution is 5.87. The van der Waals surface area contributed by atoms with Crippen LogP contribution in [0.3, 0.4) is 0 Å². The van der Waals surface area contributed by atoms with Gasteiger partial charge in [0.05, 0.1) is 12.2 Å². The first-order chi connectivity index (χ1) is 9.91. The number of aromatic nitrogens is 4. The van der Waals surface area contributed by atoms with E-state index in [0.29, 0.717) is 6.54 Å². The number of likely N-dealkylation sites (N-methyl/N-ethyl adjacent to an activating group) is 1. The molecule has 1 unspecified atom stereocenters. The molecule has 0 saturated heterocycles. The molecule has 0 bridgehead atoms. The van der Waals surface area contributed by atoms with E-state index in [1.165, 1.54) is 21.8 Å². The van der Waals surface area contributed by atoms with Crippen LogP contribution < -0.4 is 0 Å². The Bertz CT molecular complexity index is 660. The minimum absolute atomic E-state index is 0.00946. The molecule has 1 N–H and O–H groups in total. The van der Waals surface area contributed by atoms with E-state index in [2.05, 4.69) is 10.2 Å². The molecule has 112 valence electrons. The summed E-state index contributed by atoms with van der Waals surface area (Å²) in [5.41, 5.74) is 0.877. The second-order valence-electron chi connectivity index (χ2n) is 4.78. The summed E-state index contributed by atoms with van der Waals surface area (Å²) in [6.45, 7) is 2.02. The molecule has 2 heterocycles. The van der Waals surface area contributed by atoms with Gasteiger partial charge in [-0.05, 0) is 19.1 Å². The van der Waals surface area contributed by atoms with Crippen LogP contribution in [0.4, 0.5) is 0 Å². The molecule has 2 aromatic heterocycles. The molecule has 1 atom stereocenters. The molecular weight excluding hydrogens is 274 g/mol. The van der Waals surface area contributed by atoms with Gasteiger partial charge in [-0.3, -0.25) is 9.48 Å². The molecular formula is C13H17N5O3. The van der Waals surface area contributed by atoms with Crippen LogP contribution in [-0.4, -0.2) is 48.5 Å². The SMILES string of the molecule is CC(C(=O)N(C)Cc1ccnn1C)n1nccc1C(=O)O. The lowest BCUT2D eigenvalue weighted by Gasteiger charge is -2.22. The largest absolute Gasteiger partial charge is 0.477 e. The fraction of sp³-hybridized carbons (Fsp3) is 0.385. The van der Waals surface area contributed by atoms with Gasteiger partial charge in [-0.2, -0.15) is 10.2 Å². The van der Waals surface area contributed by atoms with Crippen LogP contribution in [0.15, 0.2) is 24.5 Å². The lowest BCUT2D eigenvalue weighted by Crippen LogP contribution is -2.34. The van der Waals surface area contributed by atoms with E-state index in [0.717, 1.165) is 5.69 Å². The Labute approximate surface area is 121 Å². The maximum Gasteiger partial charge on any atom is 0.354 e. The van der Waals surface area contributed by atoms with Gasteiger partial charge in [0, 0.05) is 26.5 Å². The summed E-state index contributed by atoms with van der Waals surface area (Å²) < 4.78 is 2.90. The van der Waals surface area contributed by atoms with E-state index in [1.807, 2.05) is 6.07 Å². The second-order valence-corrected chi connectivity index (χ2v) is 4.78. The van der Waals surface area contributed by atoms with E-state index < -0.39 is 12.0 Å². The van der Waals surface area contributed by atoms with Gasteiger partial charge in [0.1, 0.15) is 11.7 Å². The minimum Gasteiger partial charge on any atom is -0.477 e. The second kappa shape index (κ2) is 5.78. The molecule has 0 aliphatic carbocycles. The predicted octanol–water partition coefficient (Wildman–Crippen LogP) is 0.534. The Hall–Kier alpha value is -2.64. The highest BCUT2D eigenvalue weighted by Gasteiger charge is 2.24. The van der Waals surface area contributed by atoms with Crippen LogP contribution in [0.1, 0.15) is 29.1 Å². The van der Waals surface area contributed by atoms with Crippen molar-refractivity contribution in [1.82, 2.24) is 24.5 Å². The van der Waals surface area contributed by atoms with Crippen molar-refractivity contribution in [2.24, 2.45) is 7.05 Å². The third-order valence-electron chi connectivity index (χ3n) is 3.31. The first-order valence-corrected chi connectivity index (χ1v) is 6.40. The van der Waals surface area contributed by atoms with Gasteiger partial charge in [0.15, 0.2) is 0 Å². The first-order valence-electron chi connectivity index (χ1n) is 6.40. The lowest BCUT2D eigenvalue weighted by atomic mass is 10.2. The minimum atomic E-state index is -1.11. The zero-order chi connectivity index (χ0) is 15.6. The summed E-state index contributed by atoms with van der Waals surface area (Å²) in [6, 6.07) is 2.50. The van der Waals surface area contributed by atoms with Crippen molar-refractivity contribution >= 4 is 11.9 Å². The summed E-state index contributed by atoms with van der Waals surface area (Å²) >= 11 is 0. The van der Waals surface area contributed by atoms with E-state index in [-0.39, 0.29) is 11.6 Å². The van der Waals surface area contributed by atoms with Crippen LogP contribution in [0.5, 0.6) is 0 Å². The third-order valence-corrected chi connectivity index (χ3v) is 3.31. The van der Waals surface area contributed by atoms with E-state index in [1.54, 1.807) is 31.9 Å². The van der Waals surface area contributed by atoms with Gasteiger partial charge in [0.25, 0.3) is 0 Å².